The molecule has 1 rings (SSSR count). The molecule has 0 spiro atoms. The predicted molar refractivity (Wildman–Crippen MR) is 61.2 cm³/mol. The Labute approximate surface area is 97.4 Å². The van der Waals surface area contributed by atoms with E-state index in [4.69, 9.17) is 5.11 Å². The van der Waals surface area contributed by atoms with E-state index in [-0.39, 0.29) is 6.42 Å². The second kappa shape index (κ2) is 5.26. The molecule has 0 atom stereocenters. The number of carboxylic acids is 1. The maximum Gasteiger partial charge on any atom is 0.303 e. The Morgan fingerprint density at radius 1 is 1.62 bits per heavy atom. The molecular formula is C8H12N2O4S2. The number of aromatic nitrogens is 1. The highest BCUT2D eigenvalue weighted by Crippen LogP contribution is 2.17. The quantitative estimate of drug-likeness (QED) is 0.796. The molecule has 90 valence electrons. The van der Waals surface area contributed by atoms with Gasteiger partial charge in [0.1, 0.15) is 0 Å². The number of carbonyl (C=O) groups is 1. The molecule has 0 fully saturated rings. The molecule has 16 heavy (non-hydrogen) atoms. The van der Waals surface area contributed by atoms with Crippen LogP contribution in [0.25, 0.3) is 0 Å². The highest BCUT2D eigenvalue weighted by molar-refractivity contribution is 7.92. The van der Waals surface area contributed by atoms with Gasteiger partial charge in [-0.15, -0.1) is 11.3 Å². The first-order valence-corrected chi connectivity index (χ1v) is 7.28. The Morgan fingerprint density at radius 3 is 2.88 bits per heavy atom. The number of aliphatic carboxylic acids is 1. The number of sulfonamides is 1. The van der Waals surface area contributed by atoms with Crippen molar-refractivity contribution in [2.24, 2.45) is 0 Å². The number of nitrogens with zero attached hydrogens (tertiary/aromatic N) is 1. The van der Waals surface area contributed by atoms with E-state index in [1.54, 1.807) is 5.38 Å². The van der Waals surface area contributed by atoms with Crippen LogP contribution < -0.4 is 4.72 Å². The molecule has 0 saturated heterocycles. The van der Waals surface area contributed by atoms with Gasteiger partial charge in [0.2, 0.25) is 10.0 Å². The lowest BCUT2D eigenvalue weighted by molar-refractivity contribution is -0.137. The summed E-state index contributed by atoms with van der Waals surface area (Å²) in [7, 11) is -3.29. The first-order chi connectivity index (χ1) is 7.37. The van der Waals surface area contributed by atoms with Gasteiger partial charge < -0.3 is 5.11 Å². The average Bonchev–Trinajstić information content (AvgIpc) is 2.48. The van der Waals surface area contributed by atoms with Crippen molar-refractivity contribution in [1.82, 2.24) is 4.98 Å². The van der Waals surface area contributed by atoms with E-state index in [1.165, 1.54) is 11.3 Å². The molecule has 8 heteroatoms. The van der Waals surface area contributed by atoms with Crippen LogP contribution in [-0.4, -0.2) is 30.7 Å². The Hall–Kier alpha value is -1.15. The minimum Gasteiger partial charge on any atom is -0.481 e. The zero-order valence-corrected chi connectivity index (χ0v) is 10.3. The summed E-state index contributed by atoms with van der Waals surface area (Å²) in [4.78, 5) is 14.3. The maximum absolute atomic E-state index is 10.9. The summed E-state index contributed by atoms with van der Waals surface area (Å²) < 4.78 is 24.0. The molecule has 0 unspecified atom stereocenters. The van der Waals surface area contributed by atoms with Crippen LogP contribution in [0.2, 0.25) is 0 Å². The molecule has 0 radical (unpaired) electrons. The number of hydrogen-bond donors (Lipinski definition) is 2. The van der Waals surface area contributed by atoms with Gasteiger partial charge in [0.15, 0.2) is 5.13 Å². The molecule has 0 aliphatic heterocycles. The maximum atomic E-state index is 10.9. The minimum atomic E-state index is -3.29. The van der Waals surface area contributed by atoms with Crippen LogP contribution in [0.15, 0.2) is 5.38 Å². The molecule has 1 heterocycles. The van der Waals surface area contributed by atoms with Crippen molar-refractivity contribution in [1.29, 1.82) is 0 Å². The highest BCUT2D eigenvalue weighted by Gasteiger charge is 2.07. The molecule has 2 N–H and O–H groups in total. The van der Waals surface area contributed by atoms with Gasteiger partial charge in [0, 0.05) is 11.8 Å². The van der Waals surface area contributed by atoms with E-state index >= 15 is 0 Å². The van der Waals surface area contributed by atoms with Crippen LogP contribution in [0, 0.1) is 0 Å². The van der Waals surface area contributed by atoms with E-state index in [2.05, 4.69) is 9.71 Å². The summed E-state index contributed by atoms with van der Waals surface area (Å²) in [5.74, 6) is -0.843. The number of thiazole rings is 1. The van der Waals surface area contributed by atoms with Crippen LogP contribution in [0.5, 0.6) is 0 Å². The number of carboxylic acid groups (broad SMARTS) is 1. The smallest absolute Gasteiger partial charge is 0.303 e. The Morgan fingerprint density at radius 2 is 2.31 bits per heavy atom. The van der Waals surface area contributed by atoms with Crippen molar-refractivity contribution >= 4 is 32.5 Å². The Bertz CT molecular complexity index is 466. The first kappa shape index (κ1) is 12.9. The van der Waals surface area contributed by atoms with Gasteiger partial charge in [-0.3, -0.25) is 9.52 Å². The predicted octanol–water partition coefficient (Wildman–Crippen LogP) is 0.922. The minimum absolute atomic E-state index is 0.0896. The van der Waals surface area contributed by atoms with E-state index in [0.29, 0.717) is 23.7 Å². The molecule has 1 aromatic rings. The van der Waals surface area contributed by atoms with Crippen molar-refractivity contribution in [3.8, 4) is 0 Å². The van der Waals surface area contributed by atoms with Gasteiger partial charge >= 0.3 is 5.97 Å². The number of nitrogens with one attached hydrogen (secondary N) is 1. The molecule has 0 amide bonds. The Balaban J connectivity index is 2.49. The second-order valence-electron chi connectivity index (χ2n) is 3.27. The molecule has 6 nitrogen and oxygen atoms in total. The SMILES string of the molecule is CS(=O)(=O)Nc1nc(CCCC(=O)O)cs1. The van der Waals surface area contributed by atoms with Crippen molar-refractivity contribution in [2.45, 2.75) is 19.3 Å². The standard InChI is InChI=1S/C8H12N2O4S2/c1-16(13,14)10-8-9-6(5-15-8)3-2-4-7(11)12/h5H,2-4H2,1H3,(H,9,10)(H,11,12). The number of aryl methyl sites for hydroxylation is 1. The van der Waals surface area contributed by atoms with Crippen LogP contribution in [0.3, 0.4) is 0 Å². The molecular weight excluding hydrogens is 252 g/mol. The number of rotatable bonds is 6. The monoisotopic (exact) mass is 264 g/mol. The van der Waals surface area contributed by atoms with Crippen LogP contribution in [0.4, 0.5) is 5.13 Å². The average molecular weight is 264 g/mol. The summed E-state index contributed by atoms with van der Waals surface area (Å²) in [5.41, 5.74) is 0.706. The van der Waals surface area contributed by atoms with Gasteiger partial charge in [-0.1, -0.05) is 0 Å². The zero-order chi connectivity index (χ0) is 12.2. The third-order valence-corrected chi connectivity index (χ3v) is 3.15. The summed E-state index contributed by atoms with van der Waals surface area (Å²) in [6, 6.07) is 0. The fourth-order valence-electron chi connectivity index (χ4n) is 1.05. The number of hydrogen-bond acceptors (Lipinski definition) is 5. The van der Waals surface area contributed by atoms with Gasteiger partial charge in [0.05, 0.1) is 11.9 Å². The zero-order valence-electron chi connectivity index (χ0n) is 8.63. The lowest BCUT2D eigenvalue weighted by atomic mass is 10.2. The van der Waals surface area contributed by atoms with Gasteiger partial charge in [0.25, 0.3) is 0 Å². The molecule has 0 aliphatic carbocycles. The topological polar surface area (TPSA) is 96.4 Å². The van der Waals surface area contributed by atoms with Gasteiger partial charge in [-0.2, -0.15) is 0 Å². The third-order valence-electron chi connectivity index (χ3n) is 1.65. The second-order valence-corrected chi connectivity index (χ2v) is 5.87. The summed E-state index contributed by atoms with van der Waals surface area (Å²) in [5, 5.41) is 10.5. The Kier molecular flexibility index (Phi) is 4.25. The van der Waals surface area contributed by atoms with Crippen LogP contribution in [0.1, 0.15) is 18.5 Å². The molecule has 1 aromatic heterocycles. The molecule has 0 aromatic carbocycles. The lowest BCUT2D eigenvalue weighted by Crippen LogP contribution is -2.09. The molecule has 0 saturated carbocycles. The van der Waals surface area contributed by atoms with E-state index in [1.807, 2.05) is 0 Å². The van der Waals surface area contributed by atoms with Gasteiger partial charge in [-0.05, 0) is 12.8 Å². The normalized spacial score (nSPS) is 11.3. The summed E-state index contributed by atoms with van der Waals surface area (Å²) in [6.45, 7) is 0. The first-order valence-electron chi connectivity index (χ1n) is 4.51. The summed E-state index contributed by atoms with van der Waals surface area (Å²) >= 11 is 1.19. The van der Waals surface area contributed by atoms with Gasteiger partial charge in [-0.25, -0.2) is 13.4 Å². The molecule has 0 bridgehead atoms. The fraction of sp³-hybridized carbons (Fsp3) is 0.500. The van der Waals surface area contributed by atoms with Crippen molar-refractivity contribution in [3.05, 3.63) is 11.1 Å². The van der Waals surface area contributed by atoms with Crippen molar-refractivity contribution < 1.29 is 18.3 Å². The van der Waals surface area contributed by atoms with Crippen LogP contribution >= 0.6 is 11.3 Å². The third kappa shape index (κ3) is 5.08. The number of anilines is 1. The van der Waals surface area contributed by atoms with Crippen molar-refractivity contribution in [3.63, 3.8) is 0 Å². The van der Waals surface area contributed by atoms with E-state index in [9.17, 15) is 13.2 Å². The van der Waals surface area contributed by atoms with E-state index < -0.39 is 16.0 Å². The highest BCUT2D eigenvalue weighted by atomic mass is 32.2. The molecule has 0 aliphatic rings. The van der Waals surface area contributed by atoms with Crippen molar-refractivity contribution in [2.75, 3.05) is 11.0 Å². The summed E-state index contributed by atoms with van der Waals surface area (Å²) in [6.07, 6.45) is 2.18. The van der Waals surface area contributed by atoms with E-state index in [0.717, 1.165) is 6.26 Å². The fourth-order valence-corrected chi connectivity index (χ4v) is 2.65. The largest absolute Gasteiger partial charge is 0.481 e. The lowest BCUT2D eigenvalue weighted by Gasteiger charge is -1.97. The van der Waals surface area contributed by atoms with Crippen LogP contribution in [-0.2, 0) is 21.2 Å².